The van der Waals surface area contributed by atoms with E-state index in [2.05, 4.69) is 34.6 Å². The van der Waals surface area contributed by atoms with Crippen LogP contribution in [0.3, 0.4) is 0 Å². The molecule has 0 radical (unpaired) electrons. The van der Waals surface area contributed by atoms with Gasteiger partial charge in [-0.2, -0.15) is 5.10 Å². The van der Waals surface area contributed by atoms with Crippen molar-refractivity contribution in [1.82, 2.24) is 20.1 Å². The largest absolute Gasteiger partial charge is 0.335 e. The van der Waals surface area contributed by atoms with Gasteiger partial charge in [-0.25, -0.2) is 9.78 Å². The number of fused-ring (bicyclic) bond motifs is 1. The number of nitrogens with two attached hydrogens (primary N) is 1. The van der Waals surface area contributed by atoms with Gasteiger partial charge >= 0.3 is 6.03 Å². The number of carbonyl (C=O) groups excluding carboxylic acids is 1. The van der Waals surface area contributed by atoms with Gasteiger partial charge in [0, 0.05) is 41.6 Å². The minimum absolute atomic E-state index is 0.108. The second kappa shape index (κ2) is 7.37. The Morgan fingerprint density at radius 1 is 1.32 bits per heavy atom. The molecule has 1 saturated carbocycles. The number of pyridine rings is 1. The zero-order chi connectivity index (χ0) is 19.9. The van der Waals surface area contributed by atoms with E-state index in [-0.39, 0.29) is 23.5 Å². The monoisotopic (exact) mass is 402 g/mol. The average Bonchev–Trinajstić information content (AvgIpc) is 3.11. The van der Waals surface area contributed by atoms with E-state index in [1.54, 1.807) is 6.20 Å². The number of halogens is 1. The van der Waals surface area contributed by atoms with E-state index in [9.17, 15) is 4.79 Å². The summed E-state index contributed by atoms with van der Waals surface area (Å²) in [5, 5.41) is 10.9. The number of aromatic nitrogens is 3. The van der Waals surface area contributed by atoms with Gasteiger partial charge in [-0.1, -0.05) is 25.4 Å². The van der Waals surface area contributed by atoms with Crippen LogP contribution < -0.4 is 16.4 Å². The van der Waals surface area contributed by atoms with Crippen LogP contribution in [0.1, 0.15) is 45.2 Å². The maximum absolute atomic E-state index is 12.4. The third-order valence-corrected chi connectivity index (χ3v) is 5.91. The molecule has 2 aromatic heterocycles. The van der Waals surface area contributed by atoms with Gasteiger partial charge in [0.1, 0.15) is 5.82 Å². The van der Waals surface area contributed by atoms with Crippen molar-refractivity contribution in [2.45, 2.75) is 64.6 Å². The molecule has 0 spiro atoms. The Bertz CT molecular complexity index is 893. The van der Waals surface area contributed by atoms with Crippen molar-refractivity contribution in [3.05, 3.63) is 29.2 Å². The first-order valence-electron chi connectivity index (χ1n) is 9.84. The second-order valence-electron chi connectivity index (χ2n) is 8.78. The molecule has 28 heavy (non-hydrogen) atoms. The molecule has 2 aliphatic rings. The standard InChI is InChI=1S/C20H27ClN6O/c1-20(2)8-17-15(9-24-27(17)11-20)14-7-18(23-10-16(14)21)26-19(28)25-13-5-3-4-12(22)6-13/h7,9-10,12-13H,3-6,8,11,22H2,1-2H3,(H2,23,25,26,28). The van der Waals surface area contributed by atoms with Gasteiger partial charge in [0.25, 0.3) is 0 Å². The molecule has 8 heteroatoms. The van der Waals surface area contributed by atoms with E-state index in [1.165, 1.54) is 5.69 Å². The Balaban J connectivity index is 1.50. The Labute approximate surface area is 170 Å². The Morgan fingerprint density at radius 2 is 2.14 bits per heavy atom. The van der Waals surface area contributed by atoms with Crippen LogP contribution in [0.5, 0.6) is 0 Å². The number of hydrogen-bond donors (Lipinski definition) is 3. The highest BCUT2D eigenvalue weighted by Crippen LogP contribution is 2.39. The first kappa shape index (κ1) is 19.2. The van der Waals surface area contributed by atoms with Crippen LogP contribution in [0.4, 0.5) is 10.6 Å². The first-order chi connectivity index (χ1) is 13.3. The van der Waals surface area contributed by atoms with Gasteiger partial charge < -0.3 is 11.1 Å². The molecule has 3 heterocycles. The molecule has 1 aliphatic heterocycles. The molecule has 2 unspecified atom stereocenters. The molecular weight excluding hydrogens is 376 g/mol. The quantitative estimate of drug-likeness (QED) is 0.730. The van der Waals surface area contributed by atoms with E-state index >= 15 is 0 Å². The number of amides is 2. The first-order valence-corrected chi connectivity index (χ1v) is 10.2. The predicted octanol–water partition coefficient (Wildman–Crippen LogP) is 3.57. The maximum Gasteiger partial charge on any atom is 0.320 e. The van der Waals surface area contributed by atoms with Gasteiger partial charge in [-0.05, 0) is 43.6 Å². The van der Waals surface area contributed by atoms with Crippen LogP contribution in [0, 0.1) is 5.41 Å². The molecule has 1 aliphatic carbocycles. The fourth-order valence-electron chi connectivity index (χ4n) is 4.28. The lowest BCUT2D eigenvalue weighted by molar-refractivity contribution is 0.242. The smallest absolute Gasteiger partial charge is 0.320 e. The summed E-state index contributed by atoms with van der Waals surface area (Å²) < 4.78 is 2.04. The number of hydrogen-bond acceptors (Lipinski definition) is 4. The molecular formula is C20H27ClN6O. The lowest BCUT2D eigenvalue weighted by atomic mass is 9.89. The van der Waals surface area contributed by atoms with Crippen LogP contribution in [0.15, 0.2) is 18.5 Å². The van der Waals surface area contributed by atoms with Crippen molar-refractivity contribution in [3.8, 4) is 11.1 Å². The summed E-state index contributed by atoms with van der Waals surface area (Å²) in [5.41, 5.74) is 9.19. The van der Waals surface area contributed by atoms with Gasteiger partial charge in [-0.15, -0.1) is 0 Å². The fourth-order valence-corrected chi connectivity index (χ4v) is 4.49. The number of nitrogens with one attached hydrogen (secondary N) is 2. The van der Waals surface area contributed by atoms with Crippen molar-refractivity contribution >= 4 is 23.4 Å². The molecule has 2 atom stereocenters. The Kier molecular flexibility index (Phi) is 5.05. The fraction of sp³-hybridized carbons (Fsp3) is 0.550. The number of rotatable bonds is 3. The van der Waals surface area contributed by atoms with Crippen molar-refractivity contribution < 1.29 is 4.79 Å². The average molecular weight is 403 g/mol. The van der Waals surface area contributed by atoms with E-state index < -0.39 is 0 Å². The SMILES string of the molecule is CC1(C)Cc2c(-c3cc(NC(=O)NC4CCCC(N)C4)ncc3Cl)cnn2C1. The van der Waals surface area contributed by atoms with Crippen LogP contribution in [-0.4, -0.2) is 32.9 Å². The molecule has 4 rings (SSSR count). The highest BCUT2D eigenvalue weighted by molar-refractivity contribution is 6.33. The normalized spacial score (nSPS) is 23.3. The third kappa shape index (κ3) is 4.00. The molecule has 2 amide bonds. The van der Waals surface area contributed by atoms with Gasteiger partial charge in [0.2, 0.25) is 0 Å². The Hall–Kier alpha value is -2.12. The summed E-state index contributed by atoms with van der Waals surface area (Å²) in [7, 11) is 0. The lowest BCUT2D eigenvalue weighted by Crippen LogP contribution is -2.44. The summed E-state index contributed by atoms with van der Waals surface area (Å²) in [4.78, 5) is 16.7. The van der Waals surface area contributed by atoms with Gasteiger partial charge in [0.15, 0.2) is 0 Å². The van der Waals surface area contributed by atoms with Crippen LogP contribution in [0.25, 0.3) is 11.1 Å². The summed E-state index contributed by atoms with van der Waals surface area (Å²) in [6.07, 6.45) is 8.19. The minimum atomic E-state index is -0.263. The summed E-state index contributed by atoms with van der Waals surface area (Å²) in [6.45, 7) is 5.35. The molecule has 4 N–H and O–H groups in total. The second-order valence-corrected chi connectivity index (χ2v) is 9.18. The van der Waals surface area contributed by atoms with Crippen molar-refractivity contribution in [1.29, 1.82) is 0 Å². The number of carbonyl (C=O) groups is 1. The lowest BCUT2D eigenvalue weighted by Gasteiger charge is -2.27. The molecule has 0 bridgehead atoms. The van der Waals surface area contributed by atoms with Crippen molar-refractivity contribution in [2.75, 3.05) is 5.32 Å². The molecule has 1 fully saturated rings. The molecule has 2 aromatic rings. The van der Waals surface area contributed by atoms with E-state index in [1.807, 2.05) is 16.9 Å². The Morgan fingerprint density at radius 3 is 2.93 bits per heavy atom. The predicted molar refractivity (Wildman–Crippen MR) is 110 cm³/mol. The summed E-state index contributed by atoms with van der Waals surface area (Å²) in [5.74, 6) is 0.467. The van der Waals surface area contributed by atoms with Crippen molar-refractivity contribution in [3.63, 3.8) is 0 Å². The van der Waals surface area contributed by atoms with E-state index in [0.29, 0.717) is 10.8 Å². The highest BCUT2D eigenvalue weighted by Gasteiger charge is 2.32. The van der Waals surface area contributed by atoms with Gasteiger partial charge in [-0.3, -0.25) is 10.00 Å². The summed E-state index contributed by atoms with van der Waals surface area (Å²) in [6, 6.07) is 1.82. The number of nitrogens with zero attached hydrogens (tertiary/aromatic N) is 3. The zero-order valence-corrected chi connectivity index (χ0v) is 17.1. The van der Waals surface area contributed by atoms with E-state index in [4.69, 9.17) is 17.3 Å². The molecule has 0 saturated heterocycles. The topological polar surface area (TPSA) is 97.9 Å². The zero-order valence-electron chi connectivity index (χ0n) is 16.3. The van der Waals surface area contributed by atoms with Crippen LogP contribution in [0.2, 0.25) is 5.02 Å². The maximum atomic E-state index is 12.4. The van der Waals surface area contributed by atoms with Gasteiger partial charge in [0.05, 0.1) is 11.2 Å². The number of anilines is 1. The van der Waals surface area contributed by atoms with E-state index in [0.717, 1.165) is 49.8 Å². The van der Waals surface area contributed by atoms with Crippen molar-refractivity contribution in [2.24, 2.45) is 11.1 Å². The van der Waals surface area contributed by atoms with Crippen LogP contribution in [-0.2, 0) is 13.0 Å². The molecule has 0 aromatic carbocycles. The third-order valence-electron chi connectivity index (χ3n) is 5.61. The highest BCUT2D eigenvalue weighted by atomic mass is 35.5. The summed E-state index contributed by atoms with van der Waals surface area (Å²) >= 11 is 6.43. The number of urea groups is 1. The molecule has 150 valence electrons. The van der Waals surface area contributed by atoms with Crippen LogP contribution >= 0.6 is 11.6 Å². The molecule has 7 nitrogen and oxygen atoms in total. The minimum Gasteiger partial charge on any atom is -0.335 e.